The van der Waals surface area contributed by atoms with Crippen LogP contribution >= 0.6 is 0 Å². The van der Waals surface area contributed by atoms with Gasteiger partial charge in [0.05, 0.1) is 29.3 Å². The second-order valence-corrected chi connectivity index (χ2v) is 9.80. The number of aromatic nitrogens is 3. The van der Waals surface area contributed by atoms with Gasteiger partial charge in [0.2, 0.25) is 0 Å². The summed E-state index contributed by atoms with van der Waals surface area (Å²) in [5.74, 6) is -1.63. The van der Waals surface area contributed by atoms with E-state index in [4.69, 9.17) is 0 Å². The van der Waals surface area contributed by atoms with E-state index in [0.717, 1.165) is 4.90 Å². The number of hydrogen-bond donors (Lipinski definition) is 1. The van der Waals surface area contributed by atoms with Crippen molar-refractivity contribution >= 4 is 29.1 Å². The Balaban J connectivity index is 1.49. The minimum Gasteiger partial charge on any atom is -0.374 e. The molecular formula is C23H25N5O4. The fraction of sp³-hybridized carbons (Fsp3) is 0.478. The molecule has 1 aliphatic heterocycles. The van der Waals surface area contributed by atoms with Gasteiger partial charge in [-0.3, -0.25) is 24.1 Å². The molecule has 0 atom stereocenters. The Morgan fingerprint density at radius 2 is 1.84 bits per heavy atom. The van der Waals surface area contributed by atoms with E-state index in [1.165, 1.54) is 0 Å². The number of anilines is 1. The van der Waals surface area contributed by atoms with Crippen molar-refractivity contribution in [1.82, 2.24) is 19.9 Å². The highest BCUT2D eigenvalue weighted by atomic mass is 16.2. The van der Waals surface area contributed by atoms with Gasteiger partial charge in [0, 0.05) is 17.6 Å². The quantitative estimate of drug-likeness (QED) is 0.567. The van der Waals surface area contributed by atoms with Crippen molar-refractivity contribution in [3.05, 3.63) is 41.2 Å². The number of carbonyl (C=O) groups is 4. The molecule has 3 saturated carbocycles. The average molecular weight is 435 g/mol. The summed E-state index contributed by atoms with van der Waals surface area (Å²) in [5.41, 5.74) is -0.142. The van der Waals surface area contributed by atoms with Crippen molar-refractivity contribution in [2.75, 3.05) is 5.32 Å². The molecular weight excluding hydrogens is 410 g/mol. The lowest BCUT2D eigenvalue weighted by Crippen LogP contribution is -2.68. The van der Waals surface area contributed by atoms with Gasteiger partial charge in [0.25, 0.3) is 11.8 Å². The summed E-state index contributed by atoms with van der Waals surface area (Å²) in [6.07, 6.45) is 2.12. The highest BCUT2D eigenvalue weighted by Crippen LogP contribution is 2.51. The lowest BCUT2D eigenvalue weighted by atomic mass is 9.57. The van der Waals surface area contributed by atoms with E-state index in [0.29, 0.717) is 11.4 Å². The Morgan fingerprint density at radius 3 is 2.47 bits per heavy atom. The van der Waals surface area contributed by atoms with Gasteiger partial charge in [-0.15, -0.1) is 5.10 Å². The van der Waals surface area contributed by atoms with Crippen LogP contribution in [0.25, 0.3) is 0 Å². The SMILES string of the molecule is CC(C)n1cc(C(C)(C)Nc2cccc3c2C(=O)N(C24CC(C2)C(=O)CC4=O)C3=O)nn1. The fourth-order valence-electron chi connectivity index (χ4n) is 4.98. The Bertz CT molecular complexity index is 1190. The Kier molecular flexibility index (Phi) is 4.22. The topological polar surface area (TPSA) is 114 Å². The van der Waals surface area contributed by atoms with Crippen LogP contribution in [0.3, 0.4) is 0 Å². The zero-order valence-corrected chi connectivity index (χ0v) is 18.5. The Hall–Kier alpha value is -3.36. The largest absolute Gasteiger partial charge is 0.374 e. The van der Waals surface area contributed by atoms with Gasteiger partial charge in [0.1, 0.15) is 17.0 Å². The Labute approximate surface area is 185 Å². The van der Waals surface area contributed by atoms with E-state index < -0.39 is 22.9 Å². The monoisotopic (exact) mass is 435 g/mol. The summed E-state index contributed by atoms with van der Waals surface area (Å²) in [4.78, 5) is 52.5. The molecule has 3 fully saturated rings. The van der Waals surface area contributed by atoms with Gasteiger partial charge in [-0.05, 0) is 52.7 Å². The highest BCUT2D eigenvalue weighted by Gasteiger charge is 2.64. The fourth-order valence-corrected chi connectivity index (χ4v) is 4.98. The number of rotatable bonds is 5. The summed E-state index contributed by atoms with van der Waals surface area (Å²) >= 11 is 0. The summed E-state index contributed by atoms with van der Waals surface area (Å²) in [5, 5.41) is 11.8. The van der Waals surface area contributed by atoms with Crippen molar-refractivity contribution < 1.29 is 19.2 Å². The molecule has 1 N–H and O–H groups in total. The van der Waals surface area contributed by atoms with Crippen LogP contribution in [-0.2, 0) is 15.1 Å². The molecule has 3 aliphatic carbocycles. The average Bonchev–Trinajstić information content (AvgIpc) is 3.27. The normalized spacial score (nSPS) is 24.8. The maximum atomic E-state index is 13.5. The number of hydrogen-bond acceptors (Lipinski definition) is 7. The van der Waals surface area contributed by atoms with Crippen LogP contribution in [-0.4, -0.2) is 48.8 Å². The predicted octanol–water partition coefficient (Wildman–Crippen LogP) is 2.49. The first kappa shape index (κ1) is 20.5. The van der Waals surface area contributed by atoms with Crippen LogP contribution in [0.1, 0.15) is 79.4 Å². The second kappa shape index (κ2) is 6.57. The molecule has 2 aromatic rings. The minimum atomic E-state index is -1.18. The summed E-state index contributed by atoms with van der Waals surface area (Å²) in [7, 11) is 0. The van der Waals surface area contributed by atoms with Crippen molar-refractivity contribution in [2.45, 2.75) is 64.1 Å². The maximum Gasteiger partial charge on any atom is 0.264 e. The third-order valence-corrected chi connectivity index (χ3v) is 6.95. The summed E-state index contributed by atoms with van der Waals surface area (Å²) < 4.78 is 1.76. The molecule has 0 saturated heterocycles. The van der Waals surface area contributed by atoms with Gasteiger partial charge < -0.3 is 5.32 Å². The van der Waals surface area contributed by atoms with Gasteiger partial charge >= 0.3 is 0 Å². The van der Waals surface area contributed by atoms with Crippen LogP contribution in [0.4, 0.5) is 5.69 Å². The van der Waals surface area contributed by atoms with E-state index in [-0.39, 0.29) is 53.9 Å². The van der Waals surface area contributed by atoms with Crippen molar-refractivity contribution in [3.8, 4) is 0 Å². The molecule has 2 amide bonds. The number of amides is 2. The van der Waals surface area contributed by atoms with E-state index in [9.17, 15) is 19.2 Å². The standard InChI is InChI=1S/C23H25N5O4/c1-12(2)27-11-17(25-26-27)22(3,4)24-15-7-5-6-14-19(15)21(32)28(20(14)31)23-9-13(10-23)16(29)8-18(23)30/h5-7,11-13,24H,8-10H2,1-4H3. The molecule has 6 rings (SSSR count). The molecule has 0 unspecified atom stereocenters. The molecule has 2 heterocycles. The third kappa shape index (κ3) is 2.69. The van der Waals surface area contributed by atoms with Crippen molar-refractivity contribution in [2.24, 2.45) is 5.92 Å². The second-order valence-electron chi connectivity index (χ2n) is 9.80. The Morgan fingerprint density at radius 1 is 1.12 bits per heavy atom. The zero-order chi connectivity index (χ0) is 23.0. The molecule has 9 heteroatoms. The van der Waals surface area contributed by atoms with Gasteiger partial charge in [-0.25, -0.2) is 4.68 Å². The number of nitrogens with zero attached hydrogens (tertiary/aromatic N) is 4. The van der Waals surface area contributed by atoms with Crippen LogP contribution in [0, 0.1) is 5.92 Å². The minimum absolute atomic E-state index is 0.0907. The molecule has 0 radical (unpaired) electrons. The molecule has 166 valence electrons. The van der Waals surface area contributed by atoms with Crippen molar-refractivity contribution in [1.29, 1.82) is 0 Å². The summed E-state index contributed by atoms with van der Waals surface area (Å²) in [6, 6.07) is 5.22. The first-order chi connectivity index (χ1) is 15.0. The number of Topliss-reactive ketones (excluding diaryl/α,β-unsaturated/α-hetero) is 2. The number of fused-ring (bicyclic) bond motifs is 3. The number of benzene rings is 1. The van der Waals surface area contributed by atoms with Crippen LogP contribution in [0.5, 0.6) is 0 Å². The van der Waals surface area contributed by atoms with E-state index in [1.54, 1.807) is 22.9 Å². The van der Waals surface area contributed by atoms with E-state index in [2.05, 4.69) is 15.6 Å². The van der Waals surface area contributed by atoms with Gasteiger partial charge in [-0.2, -0.15) is 0 Å². The first-order valence-electron chi connectivity index (χ1n) is 10.8. The highest BCUT2D eigenvalue weighted by molar-refractivity contribution is 6.27. The smallest absolute Gasteiger partial charge is 0.264 e. The molecule has 2 bridgehead atoms. The van der Waals surface area contributed by atoms with Crippen LogP contribution in [0.2, 0.25) is 0 Å². The van der Waals surface area contributed by atoms with Crippen LogP contribution < -0.4 is 5.32 Å². The number of nitrogens with one attached hydrogen (secondary N) is 1. The molecule has 1 aromatic carbocycles. The van der Waals surface area contributed by atoms with Crippen LogP contribution in [0.15, 0.2) is 24.4 Å². The molecule has 9 nitrogen and oxygen atoms in total. The summed E-state index contributed by atoms with van der Waals surface area (Å²) in [6.45, 7) is 7.86. The molecule has 1 aromatic heterocycles. The first-order valence-corrected chi connectivity index (χ1v) is 10.8. The molecule has 4 aliphatic rings. The third-order valence-electron chi connectivity index (χ3n) is 6.95. The molecule has 32 heavy (non-hydrogen) atoms. The van der Waals surface area contributed by atoms with E-state index in [1.807, 2.05) is 33.9 Å². The lowest BCUT2D eigenvalue weighted by molar-refractivity contribution is -0.153. The number of ketones is 2. The van der Waals surface area contributed by atoms with E-state index >= 15 is 0 Å². The lowest BCUT2D eigenvalue weighted by Gasteiger charge is -2.53. The maximum absolute atomic E-state index is 13.5. The zero-order valence-electron chi connectivity index (χ0n) is 18.5. The van der Waals surface area contributed by atoms with Crippen molar-refractivity contribution in [3.63, 3.8) is 0 Å². The van der Waals surface area contributed by atoms with Gasteiger partial charge in [0.15, 0.2) is 5.78 Å². The predicted molar refractivity (Wildman–Crippen MR) is 114 cm³/mol. The number of imide groups is 1. The van der Waals surface area contributed by atoms with Gasteiger partial charge in [-0.1, -0.05) is 11.3 Å². The number of carbonyl (C=O) groups excluding carboxylic acids is 4. The molecule has 0 spiro atoms.